The third-order valence-electron chi connectivity index (χ3n) is 11.4. The number of imidazole rings is 2. The Morgan fingerprint density at radius 3 is 1.73 bits per heavy atom. The molecule has 55 heavy (non-hydrogen) atoms. The van der Waals surface area contributed by atoms with E-state index in [4.69, 9.17) is 9.72 Å². The quantitative estimate of drug-likeness (QED) is 0.119. The van der Waals surface area contributed by atoms with Crippen molar-refractivity contribution in [3.63, 3.8) is 0 Å². The number of aromatic amines is 2. The standard InChI is InChI=1S/C41H50N8O6/c1-24(2)35(47-40(52)53)39(51)49-21-5-7-34(49)37-43-23-32(46-37)28-14-10-26(11-15-28)25-8-12-27(13-9-25)31-22-42-36(45-31)33-6-4-20-48(33)38(50)29-16-18-30(19-17-29)44-41(54)55-3/h8-15,22-24,29-30,33-35,47H,4-7,16-21H2,1-3H3,(H,42,45)(H,43,46)(H,44,54)(H,52,53)/t29-,30-,33-,34-,35-/m0/s1. The number of hydrogen-bond donors (Lipinski definition) is 5. The minimum Gasteiger partial charge on any atom is -0.465 e. The highest BCUT2D eigenvalue weighted by Gasteiger charge is 2.38. The van der Waals surface area contributed by atoms with E-state index in [9.17, 15) is 24.3 Å². The van der Waals surface area contributed by atoms with E-state index >= 15 is 0 Å². The Labute approximate surface area is 320 Å². The zero-order chi connectivity index (χ0) is 38.6. The number of carboxylic acid groups (broad SMARTS) is 1. The molecule has 4 amide bonds. The molecule has 290 valence electrons. The minimum absolute atomic E-state index is 0.0435. The molecule has 1 saturated carbocycles. The second-order valence-electron chi connectivity index (χ2n) is 15.3. The maximum atomic E-state index is 13.6. The summed E-state index contributed by atoms with van der Waals surface area (Å²) in [5.41, 5.74) is 5.86. The molecule has 2 aliphatic heterocycles. The van der Waals surface area contributed by atoms with Gasteiger partial charge in [-0.3, -0.25) is 9.59 Å². The normalized spacial score (nSPS) is 21.7. The molecule has 0 bridgehead atoms. The van der Waals surface area contributed by atoms with E-state index in [-0.39, 0.29) is 41.8 Å². The fourth-order valence-corrected chi connectivity index (χ4v) is 8.39. The number of methoxy groups -OCH3 is 1. The third kappa shape index (κ3) is 8.23. The second-order valence-corrected chi connectivity index (χ2v) is 15.3. The number of carbonyl (C=O) groups excluding carboxylic acids is 3. The van der Waals surface area contributed by atoms with E-state index in [1.165, 1.54) is 7.11 Å². The lowest BCUT2D eigenvalue weighted by Crippen LogP contribution is -2.50. The van der Waals surface area contributed by atoms with Gasteiger partial charge in [0.15, 0.2) is 0 Å². The van der Waals surface area contributed by atoms with Crippen LogP contribution in [0.3, 0.4) is 0 Å². The molecule has 0 unspecified atom stereocenters. The summed E-state index contributed by atoms with van der Waals surface area (Å²) in [7, 11) is 1.36. The number of H-pyrrole nitrogens is 2. The van der Waals surface area contributed by atoms with Gasteiger partial charge < -0.3 is 40.2 Å². The molecule has 3 aliphatic rings. The lowest BCUT2D eigenvalue weighted by molar-refractivity contribution is -0.138. The van der Waals surface area contributed by atoms with E-state index in [1.807, 2.05) is 37.1 Å². The summed E-state index contributed by atoms with van der Waals surface area (Å²) in [6, 6.07) is 15.5. The van der Waals surface area contributed by atoms with Gasteiger partial charge in [-0.05, 0) is 79.5 Å². The second kappa shape index (κ2) is 16.4. The van der Waals surface area contributed by atoms with Gasteiger partial charge in [-0.25, -0.2) is 19.6 Å². The topological polar surface area (TPSA) is 186 Å². The summed E-state index contributed by atoms with van der Waals surface area (Å²) in [6.07, 6.45) is 8.41. The number of aromatic nitrogens is 4. The van der Waals surface area contributed by atoms with Crippen LogP contribution in [-0.4, -0.2) is 91.1 Å². The van der Waals surface area contributed by atoms with Crippen molar-refractivity contribution in [2.75, 3.05) is 20.2 Å². The number of ether oxygens (including phenoxy) is 1. The molecule has 0 spiro atoms. The maximum absolute atomic E-state index is 13.6. The number of likely N-dealkylation sites (tertiary alicyclic amines) is 2. The largest absolute Gasteiger partial charge is 0.465 e. The molecule has 1 aliphatic carbocycles. The lowest BCUT2D eigenvalue weighted by Gasteiger charge is -2.32. The van der Waals surface area contributed by atoms with Gasteiger partial charge in [0.25, 0.3) is 0 Å². The van der Waals surface area contributed by atoms with E-state index in [2.05, 4.69) is 62.0 Å². The van der Waals surface area contributed by atoms with Crippen molar-refractivity contribution in [3.8, 4) is 33.6 Å². The van der Waals surface area contributed by atoms with Gasteiger partial charge in [0, 0.05) is 25.0 Å². The Bertz CT molecular complexity index is 1980. The van der Waals surface area contributed by atoms with Gasteiger partial charge in [0.1, 0.15) is 17.7 Å². The van der Waals surface area contributed by atoms with Crippen LogP contribution in [0.25, 0.3) is 33.6 Å². The molecule has 3 atom stereocenters. The lowest BCUT2D eigenvalue weighted by atomic mass is 9.85. The Morgan fingerprint density at radius 2 is 1.24 bits per heavy atom. The summed E-state index contributed by atoms with van der Waals surface area (Å²) in [4.78, 5) is 69.9. The van der Waals surface area contributed by atoms with Crippen molar-refractivity contribution in [2.45, 2.75) is 89.4 Å². The van der Waals surface area contributed by atoms with E-state index in [0.717, 1.165) is 97.4 Å². The number of benzene rings is 2. The molecular weight excluding hydrogens is 701 g/mol. The van der Waals surface area contributed by atoms with Crippen LogP contribution in [0, 0.1) is 11.8 Å². The highest BCUT2D eigenvalue weighted by Crippen LogP contribution is 2.37. The van der Waals surface area contributed by atoms with Gasteiger partial charge >= 0.3 is 12.2 Å². The fraction of sp³-hybridized carbons (Fsp3) is 0.463. The Hall–Kier alpha value is -5.66. The number of rotatable bonds is 10. The molecular formula is C41H50N8O6. The zero-order valence-electron chi connectivity index (χ0n) is 31.6. The van der Waals surface area contributed by atoms with Gasteiger partial charge in [-0.2, -0.15) is 0 Å². The summed E-state index contributed by atoms with van der Waals surface area (Å²) in [5.74, 6) is 1.24. The van der Waals surface area contributed by atoms with Gasteiger partial charge in [0.05, 0.1) is 43.0 Å². The van der Waals surface area contributed by atoms with Crippen molar-refractivity contribution in [3.05, 3.63) is 72.6 Å². The molecule has 0 radical (unpaired) electrons. The van der Waals surface area contributed by atoms with E-state index in [0.29, 0.717) is 12.4 Å². The van der Waals surface area contributed by atoms with E-state index < -0.39 is 18.2 Å². The fourth-order valence-electron chi connectivity index (χ4n) is 8.39. The molecule has 14 nitrogen and oxygen atoms in total. The predicted octanol–water partition coefficient (Wildman–Crippen LogP) is 6.67. The number of alkyl carbamates (subject to hydrolysis) is 1. The average molecular weight is 751 g/mol. The van der Waals surface area contributed by atoms with Crippen molar-refractivity contribution < 1.29 is 29.0 Å². The molecule has 2 saturated heterocycles. The Kier molecular flexibility index (Phi) is 11.2. The van der Waals surface area contributed by atoms with Crippen LogP contribution in [0.2, 0.25) is 0 Å². The minimum atomic E-state index is -1.21. The first-order valence-corrected chi connectivity index (χ1v) is 19.4. The molecule has 5 N–H and O–H groups in total. The molecule has 2 aromatic heterocycles. The summed E-state index contributed by atoms with van der Waals surface area (Å²) >= 11 is 0. The highest BCUT2D eigenvalue weighted by atomic mass is 16.5. The van der Waals surface area contributed by atoms with Crippen molar-refractivity contribution in [1.29, 1.82) is 0 Å². The average Bonchev–Trinajstić information content (AvgIpc) is 4.03. The number of nitrogens with one attached hydrogen (secondary N) is 4. The first kappa shape index (κ1) is 37.6. The van der Waals surface area contributed by atoms with Crippen LogP contribution in [-0.2, 0) is 14.3 Å². The Balaban J connectivity index is 0.968. The highest BCUT2D eigenvalue weighted by molar-refractivity contribution is 5.86. The van der Waals surface area contributed by atoms with Crippen molar-refractivity contribution in [1.82, 2.24) is 40.4 Å². The van der Waals surface area contributed by atoms with Gasteiger partial charge in [0.2, 0.25) is 11.8 Å². The number of hydrogen-bond acceptors (Lipinski definition) is 7. The van der Waals surface area contributed by atoms with Crippen molar-refractivity contribution in [2.24, 2.45) is 11.8 Å². The van der Waals surface area contributed by atoms with Crippen molar-refractivity contribution >= 4 is 24.0 Å². The number of amides is 4. The molecule has 7 rings (SSSR count). The first-order valence-electron chi connectivity index (χ1n) is 19.4. The smallest absolute Gasteiger partial charge is 0.407 e. The molecule has 4 aromatic rings. The SMILES string of the molecule is COC(=O)N[C@H]1CC[C@H](C(=O)N2CCC[C@H]2c2ncc(-c3ccc(-c4ccc(-c5cnc([C@@H]6CCCN6C(=O)[C@@H](NC(=O)O)C(C)C)[nH]5)cc4)cc3)[nH]2)CC1. The van der Waals surface area contributed by atoms with Crippen LogP contribution in [0.4, 0.5) is 9.59 Å². The molecule has 3 fully saturated rings. The summed E-state index contributed by atoms with van der Waals surface area (Å²) < 4.78 is 4.73. The number of nitrogens with zero attached hydrogens (tertiary/aromatic N) is 4. The predicted molar refractivity (Wildman–Crippen MR) is 205 cm³/mol. The number of carbonyl (C=O) groups is 4. The van der Waals surface area contributed by atoms with Crippen LogP contribution < -0.4 is 10.6 Å². The van der Waals surface area contributed by atoms with Crippen LogP contribution in [0.15, 0.2) is 60.9 Å². The van der Waals surface area contributed by atoms with Gasteiger partial charge in [-0.1, -0.05) is 62.4 Å². The molecule has 2 aromatic carbocycles. The summed E-state index contributed by atoms with van der Waals surface area (Å²) in [5, 5.41) is 14.5. The zero-order valence-corrected chi connectivity index (χ0v) is 31.6. The van der Waals surface area contributed by atoms with Crippen LogP contribution in [0.1, 0.15) is 88.9 Å². The van der Waals surface area contributed by atoms with Crippen LogP contribution >= 0.6 is 0 Å². The first-order chi connectivity index (χ1) is 26.6. The monoisotopic (exact) mass is 750 g/mol. The third-order valence-corrected chi connectivity index (χ3v) is 11.4. The maximum Gasteiger partial charge on any atom is 0.407 e. The van der Waals surface area contributed by atoms with E-state index in [1.54, 1.807) is 11.1 Å². The molecule has 14 heteroatoms. The Morgan fingerprint density at radius 1 is 0.745 bits per heavy atom. The van der Waals surface area contributed by atoms with Crippen LogP contribution in [0.5, 0.6) is 0 Å². The summed E-state index contributed by atoms with van der Waals surface area (Å²) in [6.45, 7) is 4.95. The molecule has 4 heterocycles. The van der Waals surface area contributed by atoms with Gasteiger partial charge in [-0.15, -0.1) is 0 Å².